The van der Waals surface area contributed by atoms with Gasteiger partial charge in [0.2, 0.25) is 0 Å². The average molecular weight is 340 g/mol. The summed E-state index contributed by atoms with van der Waals surface area (Å²) in [6.45, 7) is 0.541. The molecule has 1 aliphatic heterocycles. The average Bonchev–Trinajstić information content (AvgIpc) is 3.04. The van der Waals surface area contributed by atoms with E-state index in [0.717, 1.165) is 0 Å². The Bertz CT molecular complexity index is 700. The lowest BCUT2D eigenvalue weighted by Crippen LogP contribution is -2.29. The molecule has 3 heterocycles. The van der Waals surface area contributed by atoms with E-state index in [0.29, 0.717) is 40.6 Å². The van der Waals surface area contributed by atoms with E-state index in [1.54, 1.807) is 16.7 Å². The van der Waals surface area contributed by atoms with Gasteiger partial charge in [-0.3, -0.25) is 14.0 Å². The first-order valence-electron chi connectivity index (χ1n) is 6.15. The van der Waals surface area contributed by atoms with Gasteiger partial charge in [0.05, 0.1) is 22.8 Å². The third-order valence-corrected chi connectivity index (χ3v) is 3.96. The smallest absolute Gasteiger partial charge is 0.255 e. The molecular weight excluding hydrogens is 329 g/mol. The van der Waals surface area contributed by atoms with E-state index in [1.165, 1.54) is 11.1 Å². The van der Waals surface area contributed by atoms with Gasteiger partial charge >= 0.3 is 0 Å². The summed E-state index contributed by atoms with van der Waals surface area (Å²) in [5.74, 6) is -0.238. The van der Waals surface area contributed by atoms with Gasteiger partial charge in [0.1, 0.15) is 11.9 Å². The lowest BCUT2D eigenvalue weighted by molar-refractivity contribution is 0.0782. The molecule has 2 aromatic rings. The molecule has 0 radical (unpaired) electrons. The number of hydrogen-bond acceptors (Lipinski definition) is 3. The van der Waals surface area contributed by atoms with Crippen molar-refractivity contribution in [2.45, 2.75) is 12.6 Å². The van der Waals surface area contributed by atoms with Crippen molar-refractivity contribution in [3.63, 3.8) is 0 Å². The van der Waals surface area contributed by atoms with Crippen LogP contribution in [0.1, 0.15) is 27.3 Å². The fourth-order valence-corrected chi connectivity index (χ4v) is 2.89. The van der Waals surface area contributed by atoms with Gasteiger partial charge in [0.25, 0.3) is 5.91 Å². The Morgan fingerprint density at radius 1 is 1.55 bits per heavy atom. The highest BCUT2D eigenvalue weighted by molar-refractivity contribution is 9.10. The minimum Gasteiger partial charge on any atom is -0.336 e. The van der Waals surface area contributed by atoms with Crippen LogP contribution in [0.15, 0.2) is 22.9 Å². The summed E-state index contributed by atoms with van der Waals surface area (Å²) in [7, 11) is 0. The van der Waals surface area contributed by atoms with Crippen molar-refractivity contribution in [2.24, 2.45) is 0 Å². The topological polar surface area (TPSA) is 54.7 Å². The van der Waals surface area contributed by atoms with Gasteiger partial charge < -0.3 is 4.90 Å². The molecule has 7 heteroatoms. The number of alkyl halides is 1. The fourth-order valence-electron chi connectivity index (χ4n) is 2.35. The molecule has 0 unspecified atom stereocenters. The fraction of sp³-hybridized carbons (Fsp3) is 0.308. The molecule has 1 atom stereocenters. The zero-order chi connectivity index (χ0) is 14.3. The molecule has 1 amide bonds. The number of likely N-dealkylation sites (tertiary alicyclic amines) is 1. The number of carbonyl (C=O) groups is 2. The Morgan fingerprint density at radius 2 is 2.35 bits per heavy atom. The summed E-state index contributed by atoms with van der Waals surface area (Å²) in [6, 6.07) is 1.64. The van der Waals surface area contributed by atoms with E-state index in [4.69, 9.17) is 0 Å². The summed E-state index contributed by atoms with van der Waals surface area (Å²) >= 11 is 3.33. The molecule has 1 saturated heterocycles. The van der Waals surface area contributed by atoms with Gasteiger partial charge in [-0.2, -0.15) is 0 Å². The van der Waals surface area contributed by atoms with Crippen LogP contribution in [-0.4, -0.2) is 45.7 Å². The Morgan fingerprint density at radius 3 is 3.00 bits per heavy atom. The minimum atomic E-state index is -0.954. The van der Waals surface area contributed by atoms with Gasteiger partial charge in [-0.05, 0) is 28.4 Å². The highest BCUT2D eigenvalue weighted by atomic mass is 79.9. The predicted octanol–water partition coefficient (Wildman–Crippen LogP) is 2.09. The second-order valence-corrected chi connectivity index (χ2v) is 5.56. The Hall–Kier alpha value is -1.76. The molecule has 5 nitrogen and oxygen atoms in total. The van der Waals surface area contributed by atoms with Crippen LogP contribution >= 0.6 is 15.9 Å². The molecule has 20 heavy (non-hydrogen) atoms. The molecule has 2 aromatic heterocycles. The van der Waals surface area contributed by atoms with Crippen LogP contribution in [-0.2, 0) is 0 Å². The van der Waals surface area contributed by atoms with Crippen molar-refractivity contribution >= 4 is 33.8 Å². The van der Waals surface area contributed by atoms with Crippen LogP contribution in [0.25, 0.3) is 5.65 Å². The molecule has 3 rings (SSSR count). The number of aldehydes is 1. The monoisotopic (exact) mass is 339 g/mol. The number of imidazole rings is 1. The number of aromatic nitrogens is 2. The molecule has 1 fully saturated rings. The number of pyridine rings is 1. The first-order chi connectivity index (χ1) is 9.60. The number of halogens is 2. The van der Waals surface area contributed by atoms with E-state index >= 15 is 0 Å². The van der Waals surface area contributed by atoms with Gasteiger partial charge in [-0.15, -0.1) is 0 Å². The zero-order valence-electron chi connectivity index (χ0n) is 10.4. The maximum absolute atomic E-state index is 13.2. The molecule has 0 spiro atoms. The number of rotatable bonds is 2. The second-order valence-electron chi connectivity index (χ2n) is 4.71. The maximum atomic E-state index is 13.2. The highest BCUT2D eigenvalue weighted by Crippen LogP contribution is 2.22. The van der Waals surface area contributed by atoms with Crippen molar-refractivity contribution in [2.75, 3.05) is 13.1 Å². The van der Waals surface area contributed by atoms with Crippen molar-refractivity contribution in [3.8, 4) is 0 Å². The normalized spacial score (nSPS) is 18.7. The van der Waals surface area contributed by atoms with Crippen LogP contribution < -0.4 is 0 Å². The van der Waals surface area contributed by atoms with Crippen LogP contribution in [0.3, 0.4) is 0 Å². The second kappa shape index (κ2) is 4.97. The predicted molar refractivity (Wildman–Crippen MR) is 73.7 cm³/mol. The van der Waals surface area contributed by atoms with E-state index in [9.17, 15) is 14.0 Å². The SMILES string of the molecule is O=Cc1cnc2c(Br)cc(C(=O)N3CC[C@@H](F)C3)cn12. The minimum absolute atomic E-state index is 0.124. The van der Waals surface area contributed by atoms with Crippen LogP contribution in [0.5, 0.6) is 0 Å². The van der Waals surface area contributed by atoms with Crippen molar-refractivity contribution in [1.29, 1.82) is 0 Å². The summed E-state index contributed by atoms with van der Waals surface area (Å²) in [5.41, 5.74) is 1.33. The van der Waals surface area contributed by atoms with Crippen LogP contribution in [0.2, 0.25) is 0 Å². The van der Waals surface area contributed by atoms with E-state index < -0.39 is 6.17 Å². The number of fused-ring (bicyclic) bond motifs is 1. The van der Waals surface area contributed by atoms with Crippen LogP contribution in [0.4, 0.5) is 4.39 Å². The largest absolute Gasteiger partial charge is 0.336 e. The van der Waals surface area contributed by atoms with Gasteiger partial charge in [0.15, 0.2) is 11.9 Å². The van der Waals surface area contributed by atoms with E-state index in [1.807, 2.05) is 0 Å². The summed E-state index contributed by atoms with van der Waals surface area (Å²) < 4.78 is 15.4. The highest BCUT2D eigenvalue weighted by Gasteiger charge is 2.27. The Kier molecular flexibility index (Phi) is 3.29. The van der Waals surface area contributed by atoms with Gasteiger partial charge in [-0.25, -0.2) is 9.37 Å². The number of carbonyl (C=O) groups excluding carboxylic acids is 2. The van der Waals surface area contributed by atoms with Gasteiger partial charge in [-0.1, -0.05) is 0 Å². The van der Waals surface area contributed by atoms with Gasteiger partial charge in [0, 0.05) is 12.7 Å². The van der Waals surface area contributed by atoms with Crippen molar-refractivity contribution < 1.29 is 14.0 Å². The summed E-state index contributed by atoms with van der Waals surface area (Å²) in [6.07, 6.45) is 3.10. The molecule has 0 bridgehead atoms. The van der Waals surface area contributed by atoms with E-state index in [-0.39, 0.29) is 12.5 Å². The summed E-state index contributed by atoms with van der Waals surface area (Å²) in [4.78, 5) is 28.9. The lowest BCUT2D eigenvalue weighted by atomic mass is 10.2. The molecule has 0 saturated carbocycles. The molecule has 1 aliphatic rings. The first kappa shape index (κ1) is 13.2. The van der Waals surface area contributed by atoms with Crippen LogP contribution in [0, 0.1) is 0 Å². The number of amides is 1. The quantitative estimate of drug-likeness (QED) is 0.787. The van der Waals surface area contributed by atoms with E-state index in [2.05, 4.69) is 20.9 Å². The van der Waals surface area contributed by atoms with Crippen molar-refractivity contribution in [1.82, 2.24) is 14.3 Å². The standard InChI is InChI=1S/C13H11BrFN3O2/c14-11-3-8(13(20)17-2-1-9(15)6-17)5-18-10(7-19)4-16-12(11)18/h3-5,7,9H,1-2,6H2/t9-/m1/s1. The third-order valence-electron chi connectivity index (χ3n) is 3.38. The molecule has 104 valence electrons. The number of nitrogens with zero attached hydrogens (tertiary/aromatic N) is 3. The maximum Gasteiger partial charge on any atom is 0.255 e. The lowest BCUT2D eigenvalue weighted by Gasteiger charge is -2.15. The molecular formula is C13H11BrFN3O2. The first-order valence-corrected chi connectivity index (χ1v) is 6.94. The molecule has 0 aliphatic carbocycles. The molecule has 0 N–H and O–H groups in total. The third kappa shape index (κ3) is 2.11. The summed E-state index contributed by atoms with van der Waals surface area (Å²) in [5, 5.41) is 0. The molecule has 0 aromatic carbocycles. The Labute approximate surface area is 122 Å². The number of hydrogen-bond donors (Lipinski definition) is 0. The Balaban J connectivity index is 2.03. The van der Waals surface area contributed by atoms with Crippen molar-refractivity contribution in [3.05, 3.63) is 34.2 Å². The zero-order valence-corrected chi connectivity index (χ0v) is 12.0.